The minimum Gasteiger partial charge on any atom is -0.344 e. The van der Waals surface area contributed by atoms with Crippen LogP contribution in [-0.4, -0.2) is 55.4 Å². The van der Waals surface area contributed by atoms with Gasteiger partial charge in [-0.25, -0.2) is 4.98 Å². The summed E-state index contributed by atoms with van der Waals surface area (Å²) >= 11 is 1.19. The largest absolute Gasteiger partial charge is 0.344 e. The van der Waals surface area contributed by atoms with E-state index in [0.29, 0.717) is 22.2 Å². The average molecular weight is 375 g/mol. The van der Waals surface area contributed by atoms with Crippen LogP contribution in [0, 0.1) is 13.8 Å². The molecule has 0 spiro atoms. The van der Waals surface area contributed by atoms with Gasteiger partial charge >= 0.3 is 0 Å². The Balaban J connectivity index is 1.66. The quantitative estimate of drug-likeness (QED) is 0.730. The summed E-state index contributed by atoms with van der Waals surface area (Å²) in [5.41, 5.74) is 3.36. The van der Waals surface area contributed by atoms with Gasteiger partial charge in [0.25, 0.3) is 5.91 Å². The van der Waals surface area contributed by atoms with Gasteiger partial charge in [0.2, 0.25) is 5.91 Å². The Hall–Kier alpha value is -2.75. The zero-order valence-corrected chi connectivity index (χ0v) is 16.2. The number of carbonyl (C=O) groups is 2. The highest BCUT2D eigenvalue weighted by molar-refractivity contribution is 7.17. The van der Waals surface area contributed by atoms with Crippen molar-refractivity contribution in [1.82, 2.24) is 29.4 Å². The number of anilines is 1. The molecule has 3 aromatic heterocycles. The van der Waals surface area contributed by atoms with Gasteiger partial charge in [0.1, 0.15) is 15.9 Å². The molecule has 10 heteroatoms. The summed E-state index contributed by atoms with van der Waals surface area (Å²) in [7, 11) is 5.24. The topological polar surface area (TPSA) is 97.9 Å². The molecule has 1 N–H and O–H groups in total. The van der Waals surface area contributed by atoms with Crippen LogP contribution in [0.1, 0.15) is 27.5 Å². The van der Waals surface area contributed by atoms with Crippen molar-refractivity contribution < 1.29 is 9.59 Å². The number of nitrogens with one attached hydrogen (secondary N) is 1. The second-order valence-corrected chi connectivity index (χ2v) is 7.24. The molecule has 3 aromatic rings. The molecule has 26 heavy (non-hydrogen) atoms. The Kier molecular flexibility index (Phi) is 4.77. The number of fused-ring (bicyclic) bond motifs is 1. The molecule has 0 aliphatic rings. The second-order valence-electron chi connectivity index (χ2n) is 6.24. The summed E-state index contributed by atoms with van der Waals surface area (Å²) < 4.78 is 3.56. The maximum absolute atomic E-state index is 12.3. The first-order valence-corrected chi connectivity index (χ1v) is 8.93. The van der Waals surface area contributed by atoms with Crippen LogP contribution in [0.5, 0.6) is 0 Å². The fourth-order valence-corrected chi connectivity index (χ4v) is 3.72. The monoisotopic (exact) mass is 375 g/mol. The van der Waals surface area contributed by atoms with Crippen molar-refractivity contribution in [3.63, 3.8) is 0 Å². The van der Waals surface area contributed by atoms with E-state index in [1.165, 1.54) is 16.2 Å². The molecule has 0 unspecified atom stereocenters. The Morgan fingerprint density at radius 3 is 2.69 bits per heavy atom. The fraction of sp³-hybridized carbons (Fsp3) is 0.438. The van der Waals surface area contributed by atoms with Crippen LogP contribution in [0.2, 0.25) is 0 Å². The average Bonchev–Trinajstić information content (AvgIpc) is 3.22. The van der Waals surface area contributed by atoms with E-state index >= 15 is 0 Å². The minimum absolute atomic E-state index is 0.119. The van der Waals surface area contributed by atoms with Crippen LogP contribution in [-0.2, 0) is 18.4 Å². The molecular formula is C16H21N7O2S. The Morgan fingerprint density at radius 1 is 1.27 bits per heavy atom. The molecule has 138 valence electrons. The van der Waals surface area contributed by atoms with Crippen molar-refractivity contribution in [1.29, 1.82) is 0 Å². The first-order chi connectivity index (χ1) is 12.3. The fourth-order valence-electron chi connectivity index (χ4n) is 2.72. The molecule has 0 saturated heterocycles. The molecule has 0 aliphatic heterocycles. The number of rotatable bonds is 5. The first kappa shape index (κ1) is 18.1. The highest BCUT2D eigenvalue weighted by Crippen LogP contribution is 2.24. The highest BCUT2D eigenvalue weighted by atomic mass is 32.1. The molecule has 0 saturated carbocycles. The lowest BCUT2D eigenvalue weighted by Crippen LogP contribution is -2.21. The van der Waals surface area contributed by atoms with Crippen molar-refractivity contribution in [2.45, 2.75) is 26.8 Å². The number of aromatic nitrogens is 5. The van der Waals surface area contributed by atoms with E-state index in [4.69, 9.17) is 0 Å². The normalized spacial score (nSPS) is 11.1. The number of thiazole rings is 1. The van der Waals surface area contributed by atoms with Gasteiger partial charge in [-0.2, -0.15) is 10.2 Å². The Bertz CT molecular complexity index is 982. The molecule has 3 rings (SSSR count). The lowest BCUT2D eigenvalue weighted by atomic mass is 10.3. The SMILES string of the molecule is Cc1nc(NC(=O)CCn2ncc3c2c(C)nn3C)sc1C(=O)N(C)C. The number of aryl methyl sites for hydroxylation is 4. The first-order valence-electron chi connectivity index (χ1n) is 8.12. The van der Waals surface area contributed by atoms with E-state index in [9.17, 15) is 9.59 Å². The predicted molar refractivity (Wildman–Crippen MR) is 99.4 cm³/mol. The van der Waals surface area contributed by atoms with Crippen molar-refractivity contribution in [3.8, 4) is 0 Å². The summed E-state index contributed by atoms with van der Waals surface area (Å²) in [6.07, 6.45) is 2.00. The van der Waals surface area contributed by atoms with E-state index in [0.717, 1.165) is 16.7 Å². The smallest absolute Gasteiger partial charge is 0.265 e. The molecule has 3 heterocycles. The molecule has 0 radical (unpaired) electrons. The maximum Gasteiger partial charge on any atom is 0.265 e. The van der Waals surface area contributed by atoms with E-state index in [-0.39, 0.29) is 18.2 Å². The van der Waals surface area contributed by atoms with Gasteiger partial charge < -0.3 is 10.2 Å². The van der Waals surface area contributed by atoms with Crippen LogP contribution in [0.15, 0.2) is 6.20 Å². The van der Waals surface area contributed by atoms with Gasteiger partial charge in [0, 0.05) is 27.6 Å². The lowest BCUT2D eigenvalue weighted by molar-refractivity contribution is -0.116. The molecule has 0 atom stereocenters. The van der Waals surface area contributed by atoms with Crippen LogP contribution in [0.25, 0.3) is 11.0 Å². The summed E-state index contributed by atoms with van der Waals surface area (Å²) in [4.78, 5) is 30.6. The zero-order chi connectivity index (χ0) is 19.0. The number of hydrogen-bond donors (Lipinski definition) is 1. The van der Waals surface area contributed by atoms with Gasteiger partial charge in [-0.05, 0) is 13.8 Å². The number of amides is 2. The standard InChI is InChI=1S/C16H21N7O2S/c1-9-13-11(22(5)20-9)8-17-23(13)7-6-12(24)19-16-18-10(2)14(26-16)15(25)21(3)4/h8H,6-7H2,1-5H3,(H,18,19,24). The number of nitrogens with zero attached hydrogens (tertiary/aromatic N) is 6. The van der Waals surface area contributed by atoms with E-state index in [1.807, 2.05) is 14.0 Å². The van der Waals surface area contributed by atoms with Crippen molar-refractivity contribution in [2.24, 2.45) is 7.05 Å². The molecule has 2 amide bonds. The van der Waals surface area contributed by atoms with Crippen LogP contribution < -0.4 is 5.32 Å². The predicted octanol–water partition coefficient (Wildman–Crippen LogP) is 1.57. The van der Waals surface area contributed by atoms with E-state index < -0.39 is 0 Å². The summed E-state index contributed by atoms with van der Waals surface area (Å²) in [5.74, 6) is -0.292. The third-order valence-corrected chi connectivity index (χ3v) is 5.07. The zero-order valence-electron chi connectivity index (χ0n) is 15.4. The van der Waals surface area contributed by atoms with Crippen LogP contribution in [0.3, 0.4) is 0 Å². The Labute approximate surface area is 154 Å². The van der Waals surface area contributed by atoms with Gasteiger partial charge in [-0.3, -0.25) is 19.0 Å². The van der Waals surface area contributed by atoms with Gasteiger partial charge in [-0.15, -0.1) is 0 Å². The van der Waals surface area contributed by atoms with Crippen molar-refractivity contribution in [3.05, 3.63) is 22.5 Å². The van der Waals surface area contributed by atoms with Crippen molar-refractivity contribution >= 4 is 39.3 Å². The van der Waals surface area contributed by atoms with Gasteiger partial charge in [-0.1, -0.05) is 11.3 Å². The molecule has 0 fully saturated rings. The van der Waals surface area contributed by atoms with Crippen LogP contribution >= 0.6 is 11.3 Å². The Morgan fingerprint density at radius 2 is 2.00 bits per heavy atom. The second kappa shape index (κ2) is 6.87. The highest BCUT2D eigenvalue weighted by Gasteiger charge is 2.18. The summed E-state index contributed by atoms with van der Waals surface area (Å²) in [6.45, 7) is 4.12. The minimum atomic E-state index is -0.173. The third kappa shape index (κ3) is 3.32. The maximum atomic E-state index is 12.3. The molecule has 0 aromatic carbocycles. The summed E-state index contributed by atoms with van der Waals surface area (Å²) in [5, 5.41) is 11.9. The number of hydrogen-bond acceptors (Lipinski definition) is 6. The summed E-state index contributed by atoms with van der Waals surface area (Å²) in [6, 6.07) is 0. The van der Waals surface area contributed by atoms with E-state index in [2.05, 4.69) is 20.5 Å². The molecule has 0 aliphatic carbocycles. The van der Waals surface area contributed by atoms with Gasteiger partial charge in [0.15, 0.2) is 5.13 Å². The lowest BCUT2D eigenvalue weighted by Gasteiger charge is -2.07. The van der Waals surface area contributed by atoms with Crippen molar-refractivity contribution in [2.75, 3.05) is 19.4 Å². The molecular weight excluding hydrogens is 354 g/mol. The molecule has 9 nitrogen and oxygen atoms in total. The molecule has 0 bridgehead atoms. The van der Waals surface area contributed by atoms with Crippen LogP contribution in [0.4, 0.5) is 5.13 Å². The number of carbonyl (C=O) groups excluding carboxylic acids is 2. The third-order valence-electron chi connectivity index (χ3n) is 4.01. The van der Waals surface area contributed by atoms with E-state index in [1.54, 1.807) is 36.6 Å². The van der Waals surface area contributed by atoms with Gasteiger partial charge in [0.05, 0.1) is 24.1 Å².